The molecule has 1 aromatic heterocycles. The zero-order valence-corrected chi connectivity index (χ0v) is 8.42. The number of alkyl halides is 2. The maximum absolute atomic E-state index is 12.6. The number of carboxylic acids is 1. The van der Waals surface area contributed by atoms with Crippen molar-refractivity contribution < 1.29 is 18.7 Å². The van der Waals surface area contributed by atoms with Gasteiger partial charge >= 0.3 is 5.97 Å². The van der Waals surface area contributed by atoms with Crippen LogP contribution in [0, 0.1) is 0 Å². The molecule has 7 heteroatoms. The number of nitrogens with zero attached hydrogens (tertiary/aromatic N) is 1. The quantitative estimate of drug-likeness (QED) is 0.856. The van der Waals surface area contributed by atoms with Crippen molar-refractivity contribution in [3.05, 3.63) is 28.5 Å². The van der Waals surface area contributed by atoms with Gasteiger partial charge in [0.1, 0.15) is 0 Å². The van der Waals surface area contributed by atoms with E-state index in [1.165, 1.54) is 0 Å². The highest BCUT2D eigenvalue weighted by atomic mass is 35.5. The molecule has 0 saturated carbocycles. The van der Waals surface area contributed by atoms with Crippen LogP contribution in [-0.4, -0.2) is 21.0 Å². The smallest absolute Gasteiger partial charge is 0.337 e. The van der Waals surface area contributed by atoms with Crippen LogP contribution in [0.3, 0.4) is 0 Å². The van der Waals surface area contributed by atoms with Crippen LogP contribution in [0.2, 0.25) is 5.28 Å². The van der Waals surface area contributed by atoms with Crippen molar-refractivity contribution in [1.82, 2.24) is 9.97 Å². The van der Waals surface area contributed by atoms with E-state index in [-0.39, 0.29) is 27.4 Å². The Labute approximate surface area is 92.9 Å². The van der Waals surface area contributed by atoms with Gasteiger partial charge in [0.25, 0.3) is 6.43 Å². The molecule has 2 N–H and O–H groups in total. The molecular weight excluding hydrogens is 242 g/mol. The van der Waals surface area contributed by atoms with Gasteiger partial charge in [0.15, 0.2) is 0 Å². The van der Waals surface area contributed by atoms with Crippen LogP contribution < -0.4 is 0 Å². The van der Waals surface area contributed by atoms with Crippen molar-refractivity contribution in [3.63, 3.8) is 0 Å². The van der Waals surface area contributed by atoms with Gasteiger partial charge < -0.3 is 10.1 Å². The van der Waals surface area contributed by atoms with E-state index in [9.17, 15) is 13.6 Å². The van der Waals surface area contributed by atoms with Crippen molar-refractivity contribution in [2.75, 3.05) is 0 Å². The minimum atomic E-state index is -2.73. The summed E-state index contributed by atoms with van der Waals surface area (Å²) in [6.07, 6.45) is -2.73. The second kappa shape index (κ2) is 3.71. The highest BCUT2D eigenvalue weighted by molar-refractivity contribution is 6.29. The van der Waals surface area contributed by atoms with Crippen LogP contribution in [0.15, 0.2) is 12.1 Å². The van der Waals surface area contributed by atoms with E-state index in [1.54, 1.807) is 0 Å². The van der Waals surface area contributed by atoms with Gasteiger partial charge in [-0.2, -0.15) is 0 Å². The van der Waals surface area contributed by atoms with E-state index in [0.29, 0.717) is 0 Å². The second-order valence-corrected chi connectivity index (χ2v) is 3.42. The normalized spacial score (nSPS) is 11.2. The minimum Gasteiger partial charge on any atom is -0.478 e. The van der Waals surface area contributed by atoms with Gasteiger partial charge in [-0.05, 0) is 17.7 Å². The van der Waals surface area contributed by atoms with Gasteiger partial charge in [-0.25, -0.2) is 18.6 Å². The molecule has 0 saturated heterocycles. The van der Waals surface area contributed by atoms with Gasteiger partial charge in [0.2, 0.25) is 5.28 Å². The molecule has 4 nitrogen and oxygen atoms in total. The zero-order valence-electron chi connectivity index (χ0n) is 7.67. The number of nitrogens with one attached hydrogen (secondary N) is 1. The Kier molecular flexibility index (Phi) is 2.51. The first-order valence-electron chi connectivity index (χ1n) is 4.20. The summed E-state index contributed by atoms with van der Waals surface area (Å²) in [5.74, 6) is -1.23. The molecule has 1 aromatic carbocycles. The summed E-state index contributed by atoms with van der Waals surface area (Å²) in [5.41, 5.74) is -0.586. The summed E-state index contributed by atoms with van der Waals surface area (Å²) in [7, 11) is 0. The van der Waals surface area contributed by atoms with E-state index in [2.05, 4.69) is 9.97 Å². The maximum Gasteiger partial charge on any atom is 0.337 e. The number of aromatic nitrogens is 2. The summed E-state index contributed by atoms with van der Waals surface area (Å²) in [4.78, 5) is 16.9. The number of fused-ring (bicyclic) bond motifs is 1. The van der Waals surface area contributed by atoms with Crippen molar-refractivity contribution in [3.8, 4) is 0 Å². The number of aromatic amines is 1. The van der Waals surface area contributed by atoms with Gasteiger partial charge in [-0.3, -0.25) is 0 Å². The summed E-state index contributed by atoms with van der Waals surface area (Å²) in [6, 6.07) is 2.13. The number of imidazole rings is 1. The largest absolute Gasteiger partial charge is 0.478 e. The van der Waals surface area contributed by atoms with Crippen LogP contribution in [0.5, 0.6) is 0 Å². The SMILES string of the molecule is O=C(O)c1ccc(C(F)F)c2nc(Cl)[nH]c12. The topological polar surface area (TPSA) is 66.0 Å². The molecule has 84 valence electrons. The zero-order chi connectivity index (χ0) is 11.9. The van der Waals surface area contributed by atoms with Gasteiger partial charge in [-0.1, -0.05) is 6.07 Å². The first-order valence-corrected chi connectivity index (χ1v) is 4.58. The Hall–Kier alpha value is -1.69. The lowest BCUT2D eigenvalue weighted by molar-refractivity contribution is 0.0698. The molecule has 2 rings (SSSR count). The average Bonchev–Trinajstić information content (AvgIpc) is 2.56. The molecular formula is C9H5ClF2N2O2. The third kappa shape index (κ3) is 1.61. The number of hydrogen-bond donors (Lipinski definition) is 2. The number of halogens is 3. The Bertz CT molecular complexity index is 568. The number of carboxylic acid groups (broad SMARTS) is 1. The Morgan fingerprint density at radius 3 is 2.75 bits per heavy atom. The minimum absolute atomic E-state index is 0.00954. The predicted octanol–water partition coefficient (Wildman–Crippen LogP) is 2.85. The summed E-state index contributed by atoms with van der Waals surface area (Å²) in [6.45, 7) is 0. The summed E-state index contributed by atoms with van der Waals surface area (Å²) in [5, 5.41) is 8.72. The van der Waals surface area contributed by atoms with Crippen molar-refractivity contribution in [2.45, 2.75) is 6.43 Å². The fourth-order valence-corrected chi connectivity index (χ4v) is 1.62. The number of carbonyl (C=O) groups is 1. The Balaban J connectivity index is 2.81. The van der Waals surface area contributed by atoms with Crippen molar-refractivity contribution >= 4 is 28.6 Å². The van der Waals surface area contributed by atoms with E-state index in [0.717, 1.165) is 12.1 Å². The van der Waals surface area contributed by atoms with Gasteiger partial charge in [-0.15, -0.1) is 0 Å². The lowest BCUT2D eigenvalue weighted by Crippen LogP contribution is -1.99. The van der Waals surface area contributed by atoms with E-state index in [4.69, 9.17) is 16.7 Å². The fourth-order valence-electron chi connectivity index (χ4n) is 1.44. The first kappa shape index (κ1) is 10.8. The third-order valence-electron chi connectivity index (χ3n) is 2.11. The molecule has 0 atom stereocenters. The molecule has 0 fully saturated rings. The van der Waals surface area contributed by atoms with E-state index >= 15 is 0 Å². The standard InChI is InChI=1S/C9H5ClF2N2O2/c10-9-13-5-3(7(11)12)1-2-4(8(15)16)6(5)14-9/h1-2,7H,(H,13,14)(H,15,16). The number of H-pyrrole nitrogens is 1. The fraction of sp³-hybridized carbons (Fsp3) is 0.111. The molecule has 0 aliphatic heterocycles. The van der Waals surface area contributed by atoms with Crippen LogP contribution in [0.4, 0.5) is 8.78 Å². The molecule has 16 heavy (non-hydrogen) atoms. The second-order valence-electron chi connectivity index (χ2n) is 3.06. The lowest BCUT2D eigenvalue weighted by atomic mass is 10.1. The van der Waals surface area contributed by atoms with Gasteiger partial charge in [0, 0.05) is 5.56 Å². The van der Waals surface area contributed by atoms with Crippen molar-refractivity contribution in [2.24, 2.45) is 0 Å². The maximum atomic E-state index is 12.6. The molecule has 0 unspecified atom stereocenters. The van der Waals surface area contributed by atoms with Gasteiger partial charge in [0.05, 0.1) is 16.6 Å². The van der Waals surface area contributed by atoms with Crippen LogP contribution >= 0.6 is 11.6 Å². The Morgan fingerprint density at radius 2 is 2.19 bits per heavy atom. The molecule has 0 bridgehead atoms. The van der Waals surface area contributed by atoms with E-state index in [1.807, 2.05) is 0 Å². The first-order chi connectivity index (χ1) is 7.50. The predicted molar refractivity (Wildman–Crippen MR) is 53.0 cm³/mol. The number of rotatable bonds is 2. The molecule has 0 spiro atoms. The summed E-state index contributed by atoms with van der Waals surface area (Å²) >= 11 is 5.53. The molecule has 0 aliphatic carbocycles. The number of aromatic carboxylic acids is 1. The summed E-state index contributed by atoms with van der Waals surface area (Å²) < 4.78 is 25.2. The molecule has 2 aromatic rings. The van der Waals surface area contributed by atoms with Crippen LogP contribution in [0.1, 0.15) is 22.3 Å². The third-order valence-corrected chi connectivity index (χ3v) is 2.29. The lowest BCUT2D eigenvalue weighted by Gasteiger charge is -2.02. The van der Waals surface area contributed by atoms with Crippen molar-refractivity contribution in [1.29, 1.82) is 0 Å². The monoisotopic (exact) mass is 246 g/mol. The molecule has 0 radical (unpaired) electrons. The Morgan fingerprint density at radius 1 is 1.50 bits per heavy atom. The highest BCUT2D eigenvalue weighted by Gasteiger charge is 2.19. The van der Waals surface area contributed by atoms with Crippen LogP contribution in [-0.2, 0) is 0 Å². The number of hydrogen-bond acceptors (Lipinski definition) is 2. The molecule has 0 amide bonds. The van der Waals surface area contributed by atoms with E-state index < -0.39 is 12.4 Å². The van der Waals surface area contributed by atoms with Crippen LogP contribution in [0.25, 0.3) is 11.0 Å². The highest BCUT2D eigenvalue weighted by Crippen LogP contribution is 2.29. The number of benzene rings is 1. The molecule has 0 aliphatic rings. The molecule has 1 heterocycles. The average molecular weight is 247 g/mol.